The summed E-state index contributed by atoms with van der Waals surface area (Å²) < 4.78 is 0. The van der Waals surface area contributed by atoms with Crippen LogP contribution in [-0.4, -0.2) is 5.91 Å². The Morgan fingerprint density at radius 3 is 2.21 bits per heavy atom. The van der Waals surface area contributed by atoms with E-state index in [1.54, 1.807) is 12.1 Å². The fraction of sp³-hybridized carbons (Fsp3) is 0.235. The second-order valence-corrected chi connectivity index (χ2v) is 5.70. The van der Waals surface area contributed by atoms with Crippen LogP contribution in [0.25, 0.3) is 11.1 Å². The summed E-state index contributed by atoms with van der Waals surface area (Å²) in [6.45, 7) is 6.55. The predicted molar refractivity (Wildman–Crippen MR) is 77.9 cm³/mol. The monoisotopic (exact) mass is 252 g/mol. The molecule has 1 amide bonds. The molecule has 2 N–H and O–H groups in total. The van der Waals surface area contributed by atoms with Crippen molar-refractivity contribution in [3.05, 3.63) is 59.7 Å². The molecule has 0 atom stereocenters. The van der Waals surface area contributed by atoms with Crippen LogP contribution < -0.4 is 5.73 Å². The van der Waals surface area contributed by atoms with Gasteiger partial charge in [-0.2, -0.15) is 0 Å². The third kappa shape index (κ3) is 3.02. The number of primary amides is 1. The quantitative estimate of drug-likeness (QED) is 0.872. The van der Waals surface area contributed by atoms with E-state index in [1.165, 1.54) is 5.56 Å². The third-order valence-electron chi connectivity index (χ3n) is 3.16. The van der Waals surface area contributed by atoms with Crippen LogP contribution >= 0.6 is 0 Å². The van der Waals surface area contributed by atoms with Gasteiger partial charge in [0.05, 0.1) is 0 Å². The minimum Gasteiger partial charge on any atom is -0.366 e. The Morgan fingerprint density at radius 1 is 1.05 bits per heavy atom. The van der Waals surface area contributed by atoms with Crippen LogP contribution in [0.15, 0.2) is 42.5 Å². The zero-order valence-corrected chi connectivity index (χ0v) is 11.5. The maximum Gasteiger partial charge on any atom is 0.248 e. The van der Waals surface area contributed by atoms with Gasteiger partial charge in [0, 0.05) is 5.56 Å². The molecule has 0 fully saturated rings. The van der Waals surface area contributed by atoms with Crippen molar-refractivity contribution in [2.45, 2.75) is 26.2 Å². The minimum absolute atomic E-state index is 0.139. The molecule has 0 aromatic heterocycles. The minimum atomic E-state index is -0.426. The highest BCUT2D eigenvalue weighted by Crippen LogP contribution is 2.26. The van der Waals surface area contributed by atoms with E-state index in [-0.39, 0.29) is 5.41 Å². The standard InChI is InChI=1S/C17H18NO/c1-17(2,3)15-9-7-12(8-10-15)13-5-4-6-14(11-13)16(18)19/h5-11H,1-3H3,(H2,18,19). The lowest BCUT2D eigenvalue weighted by Gasteiger charge is -2.19. The second-order valence-electron chi connectivity index (χ2n) is 5.70. The number of nitrogens with two attached hydrogens (primary N) is 1. The van der Waals surface area contributed by atoms with Gasteiger partial charge in [-0.1, -0.05) is 45.0 Å². The molecule has 0 spiro atoms. The highest BCUT2D eigenvalue weighted by atomic mass is 16.1. The molecule has 0 unspecified atom stereocenters. The molecule has 0 heterocycles. The van der Waals surface area contributed by atoms with Gasteiger partial charge in [0.1, 0.15) is 0 Å². The van der Waals surface area contributed by atoms with Crippen molar-refractivity contribution in [1.82, 2.24) is 0 Å². The zero-order valence-electron chi connectivity index (χ0n) is 11.5. The number of carbonyl (C=O) groups is 1. The summed E-state index contributed by atoms with van der Waals surface area (Å²) in [7, 11) is 0. The van der Waals surface area contributed by atoms with Gasteiger partial charge in [-0.3, -0.25) is 4.79 Å². The average molecular weight is 252 g/mol. The maximum absolute atomic E-state index is 11.2. The van der Waals surface area contributed by atoms with Gasteiger partial charge in [-0.25, -0.2) is 0 Å². The van der Waals surface area contributed by atoms with Crippen LogP contribution in [0.1, 0.15) is 36.7 Å². The van der Waals surface area contributed by atoms with Crippen molar-refractivity contribution >= 4 is 5.91 Å². The van der Waals surface area contributed by atoms with E-state index in [4.69, 9.17) is 5.73 Å². The maximum atomic E-state index is 11.2. The topological polar surface area (TPSA) is 43.1 Å². The Balaban J connectivity index is 2.37. The van der Waals surface area contributed by atoms with Crippen LogP contribution in [-0.2, 0) is 5.41 Å². The lowest BCUT2D eigenvalue weighted by atomic mass is 9.86. The average Bonchev–Trinajstić information content (AvgIpc) is 2.38. The Labute approximate surface area is 114 Å². The molecule has 2 aromatic rings. The van der Waals surface area contributed by atoms with Crippen LogP contribution in [0.3, 0.4) is 0 Å². The predicted octanol–water partition coefficient (Wildman–Crippen LogP) is 3.55. The van der Waals surface area contributed by atoms with Crippen molar-refractivity contribution in [3.63, 3.8) is 0 Å². The number of carbonyl (C=O) groups excluding carboxylic acids is 1. The smallest absolute Gasteiger partial charge is 0.248 e. The molecular formula is C17H18NO. The highest BCUT2D eigenvalue weighted by Gasteiger charge is 2.13. The SMILES string of the molecule is CC(C)(C)c1ccc(-c2c[c]cc(C(N)=O)c2)cc1. The molecule has 0 saturated heterocycles. The fourth-order valence-electron chi connectivity index (χ4n) is 1.94. The number of rotatable bonds is 2. The summed E-state index contributed by atoms with van der Waals surface area (Å²) in [4.78, 5) is 11.2. The second kappa shape index (κ2) is 4.88. The highest BCUT2D eigenvalue weighted by molar-refractivity contribution is 5.94. The van der Waals surface area contributed by atoms with E-state index in [9.17, 15) is 4.79 Å². The van der Waals surface area contributed by atoms with Crippen LogP contribution in [0.4, 0.5) is 0 Å². The molecule has 0 saturated carbocycles. The Morgan fingerprint density at radius 2 is 1.68 bits per heavy atom. The van der Waals surface area contributed by atoms with Crippen LogP contribution in [0.5, 0.6) is 0 Å². The Hall–Kier alpha value is -2.09. The number of hydrogen-bond acceptors (Lipinski definition) is 1. The summed E-state index contributed by atoms with van der Waals surface area (Å²) in [6.07, 6.45) is 0. The number of hydrogen-bond donors (Lipinski definition) is 1. The van der Waals surface area contributed by atoms with Gasteiger partial charge >= 0.3 is 0 Å². The van der Waals surface area contributed by atoms with E-state index in [1.807, 2.05) is 6.07 Å². The largest absolute Gasteiger partial charge is 0.366 e. The first-order chi connectivity index (χ1) is 8.88. The first-order valence-corrected chi connectivity index (χ1v) is 6.30. The molecule has 0 aliphatic rings. The molecule has 2 heteroatoms. The van der Waals surface area contributed by atoms with Gasteiger partial charge in [-0.15, -0.1) is 0 Å². The summed E-state index contributed by atoms with van der Waals surface area (Å²) in [6, 6.07) is 16.6. The molecule has 97 valence electrons. The zero-order chi connectivity index (χ0) is 14.0. The van der Waals surface area contributed by atoms with Crippen LogP contribution in [0.2, 0.25) is 0 Å². The molecule has 2 aromatic carbocycles. The molecule has 19 heavy (non-hydrogen) atoms. The van der Waals surface area contributed by atoms with Crippen LogP contribution in [0, 0.1) is 6.07 Å². The molecule has 0 bridgehead atoms. The molecule has 2 nitrogen and oxygen atoms in total. The summed E-state index contributed by atoms with van der Waals surface area (Å²) in [5.74, 6) is -0.426. The Kier molecular flexibility index (Phi) is 3.43. The number of amides is 1. The van der Waals surface area contributed by atoms with Gasteiger partial charge in [0.15, 0.2) is 0 Å². The van der Waals surface area contributed by atoms with E-state index in [0.29, 0.717) is 5.56 Å². The number of benzene rings is 2. The van der Waals surface area contributed by atoms with Crippen molar-refractivity contribution < 1.29 is 4.79 Å². The molecule has 1 radical (unpaired) electrons. The van der Waals surface area contributed by atoms with Crippen molar-refractivity contribution in [1.29, 1.82) is 0 Å². The van der Waals surface area contributed by atoms with Crippen molar-refractivity contribution in [2.24, 2.45) is 5.73 Å². The van der Waals surface area contributed by atoms with Gasteiger partial charge in [0.25, 0.3) is 0 Å². The molecule has 0 aliphatic heterocycles. The lowest BCUT2D eigenvalue weighted by molar-refractivity contribution is 0.100. The molecule has 0 aliphatic carbocycles. The molecular weight excluding hydrogens is 234 g/mol. The van der Waals surface area contributed by atoms with Gasteiger partial charge < -0.3 is 5.73 Å². The molecule has 2 rings (SSSR count). The third-order valence-corrected chi connectivity index (χ3v) is 3.16. The summed E-state index contributed by atoms with van der Waals surface area (Å²) in [5, 5.41) is 0. The van der Waals surface area contributed by atoms with E-state index < -0.39 is 5.91 Å². The first kappa shape index (κ1) is 13.3. The Bertz CT molecular complexity index is 591. The van der Waals surface area contributed by atoms with E-state index in [2.05, 4.69) is 51.1 Å². The lowest BCUT2D eigenvalue weighted by Crippen LogP contribution is -2.11. The summed E-state index contributed by atoms with van der Waals surface area (Å²) in [5.41, 5.74) is 9.21. The fourth-order valence-corrected chi connectivity index (χ4v) is 1.94. The van der Waals surface area contributed by atoms with E-state index in [0.717, 1.165) is 11.1 Å². The first-order valence-electron chi connectivity index (χ1n) is 6.30. The van der Waals surface area contributed by atoms with Crippen molar-refractivity contribution in [2.75, 3.05) is 0 Å². The van der Waals surface area contributed by atoms with Gasteiger partial charge in [0.2, 0.25) is 5.91 Å². The van der Waals surface area contributed by atoms with Crippen molar-refractivity contribution in [3.8, 4) is 11.1 Å². The van der Waals surface area contributed by atoms with E-state index >= 15 is 0 Å². The van der Waals surface area contributed by atoms with Gasteiger partial charge in [-0.05, 0) is 46.4 Å². The summed E-state index contributed by atoms with van der Waals surface area (Å²) >= 11 is 0. The normalized spacial score (nSPS) is 11.3.